The largest absolute Gasteiger partial charge is 0.370 e. The first-order valence-corrected chi connectivity index (χ1v) is 8.67. The second-order valence-electron chi connectivity index (χ2n) is 5.54. The van der Waals surface area contributed by atoms with Crippen molar-refractivity contribution in [1.29, 1.82) is 0 Å². The molecule has 1 aromatic carbocycles. The summed E-state index contributed by atoms with van der Waals surface area (Å²) in [5, 5.41) is 6.53. The van der Waals surface area contributed by atoms with Crippen molar-refractivity contribution in [2.45, 2.75) is 20.4 Å². The maximum Gasteiger partial charge on any atom is 0.287 e. The summed E-state index contributed by atoms with van der Waals surface area (Å²) in [4.78, 5) is 26.0. The second kappa shape index (κ2) is 8.87. The number of hydrogen-bond donors (Lipinski definition) is 1. The van der Waals surface area contributed by atoms with Crippen molar-refractivity contribution in [3.05, 3.63) is 56.4 Å². The van der Waals surface area contributed by atoms with Gasteiger partial charge in [0.2, 0.25) is 5.91 Å². The number of carbonyl (C=O) groups excluding carboxylic acids is 1. The number of hydrogen-bond acceptors (Lipinski definition) is 4. The Labute approximate surface area is 156 Å². The van der Waals surface area contributed by atoms with Gasteiger partial charge in [0.15, 0.2) is 0 Å². The van der Waals surface area contributed by atoms with Crippen LogP contribution < -0.4 is 15.8 Å². The molecule has 1 aromatic heterocycles. The molecule has 1 amide bonds. The fraction of sp³-hybridized carbons (Fsp3) is 0.353. The lowest BCUT2D eigenvalue weighted by Crippen LogP contribution is -2.38. The topological polar surface area (TPSA) is 67.2 Å². The summed E-state index contributed by atoms with van der Waals surface area (Å²) in [7, 11) is 0. The van der Waals surface area contributed by atoms with Gasteiger partial charge in [0, 0.05) is 25.3 Å². The Bertz CT molecular complexity index is 807. The van der Waals surface area contributed by atoms with Gasteiger partial charge in [0.1, 0.15) is 11.6 Å². The van der Waals surface area contributed by atoms with Crippen LogP contribution in [0.1, 0.15) is 12.5 Å². The molecule has 0 radical (unpaired) electrons. The Morgan fingerprint density at radius 3 is 2.80 bits per heavy atom. The molecule has 1 N–H and O–H groups in total. The minimum absolute atomic E-state index is 0.0695. The summed E-state index contributed by atoms with van der Waals surface area (Å²) >= 11 is 11.5. The van der Waals surface area contributed by atoms with Gasteiger partial charge in [-0.3, -0.25) is 9.59 Å². The van der Waals surface area contributed by atoms with Crippen molar-refractivity contribution in [2.75, 3.05) is 24.5 Å². The highest BCUT2D eigenvalue weighted by atomic mass is 35.5. The standard InChI is InChI=1S/C17H20Cl2N4O2/c1-3-22(13-6-4-5-12(2)9-13)8-7-20-15(24)11-23-17(25)16(19)14(18)10-21-23/h4-6,9-10H,3,7-8,11H2,1-2H3,(H,20,24). The summed E-state index contributed by atoms with van der Waals surface area (Å²) in [5.74, 6) is -0.312. The molecule has 0 bridgehead atoms. The van der Waals surface area contributed by atoms with E-state index < -0.39 is 5.56 Å². The van der Waals surface area contributed by atoms with Crippen molar-refractivity contribution in [1.82, 2.24) is 15.1 Å². The van der Waals surface area contributed by atoms with Crippen LogP contribution in [0.2, 0.25) is 10.0 Å². The van der Waals surface area contributed by atoms with Crippen LogP contribution in [0.25, 0.3) is 0 Å². The van der Waals surface area contributed by atoms with Crippen molar-refractivity contribution in [3.8, 4) is 0 Å². The van der Waals surface area contributed by atoms with Gasteiger partial charge in [-0.2, -0.15) is 5.10 Å². The van der Waals surface area contributed by atoms with E-state index in [-0.39, 0.29) is 22.5 Å². The Morgan fingerprint density at radius 1 is 1.36 bits per heavy atom. The van der Waals surface area contributed by atoms with Crippen LogP contribution in [0.5, 0.6) is 0 Å². The SMILES string of the molecule is CCN(CCNC(=O)Cn1ncc(Cl)c(Cl)c1=O)c1cccc(C)c1. The number of rotatable bonds is 7. The molecular weight excluding hydrogens is 363 g/mol. The van der Waals surface area contributed by atoms with E-state index in [4.69, 9.17) is 23.2 Å². The zero-order valence-electron chi connectivity index (χ0n) is 14.1. The smallest absolute Gasteiger partial charge is 0.287 e. The Morgan fingerprint density at radius 2 is 2.12 bits per heavy atom. The molecular formula is C17H20Cl2N4O2. The average Bonchev–Trinajstić information content (AvgIpc) is 2.59. The van der Waals surface area contributed by atoms with E-state index in [0.29, 0.717) is 13.1 Å². The summed E-state index contributed by atoms with van der Waals surface area (Å²) in [6, 6.07) is 8.19. The molecule has 134 valence electrons. The molecule has 8 heteroatoms. The first-order chi connectivity index (χ1) is 11.9. The molecule has 0 aliphatic heterocycles. The van der Waals surface area contributed by atoms with Gasteiger partial charge >= 0.3 is 0 Å². The molecule has 0 saturated heterocycles. The van der Waals surface area contributed by atoms with Crippen molar-refractivity contribution >= 4 is 34.8 Å². The van der Waals surface area contributed by atoms with Crippen LogP contribution >= 0.6 is 23.2 Å². The number of aryl methyl sites for hydroxylation is 1. The molecule has 0 aliphatic rings. The van der Waals surface area contributed by atoms with Crippen molar-refractivity contribution in [2.24, 2.45) is 0 Å². The minimum Gasteiger partial charge on any atom is -0.370 e. The number of anilines is 1. The number of nitrogens with zero attached hydrogens (tertiary/aromatic N) is 3. The summed E-state index contributed by atoms with van der Waals surface area (Å²) in [5.41, 5.74) is 1.71. The lowest BCUT2D eigenvalue weighted by molar-refractivity contribution is -0.121. The Hall–Kier alpha value is -2.05. The first kappa shape index (κ1) is 19.3. The van der Waals surface area contributed by atoms with Gasteiger partial charge in [-0.25, -0.2) is 4.68 Å². The molecule has 0 fully saturated rings. The number of nitrogens with one attached hydrogen (secondary N) is 1. The van der Waals surface area contributed by atoms with Crippen LogP contribution in [0.4, 0.5) is 5.69 Å². The number of halogens is 2. The molecule has 2 aromatic rings. The fourth-order valence-electron chi connectivity index (χ4n) is 2.37. The summed E-state index contributed by atoms with van der Waals surface area (Å²) in [6.45, 7) is 5.84. The Balaban J connectivity index is 1.90. The monoisotopic (exact) mass is 382 g/mol. The first-order valence-electron chi connectivity index (χ1n) is 7.91. The quantitative estimate of drug-likeness (QED) is 0.798. The van der Waals surface area contributed by atoms with Gasteiger partial charge in [-0.05, 0) is 31.5 Å². The van der Waals surface area contributed by atoms with Gasteiger partial charge in [-0.1, -0.05) is 35.3 Å². The highest BCUT2D eigenvalue weighted by Gasteiger charge is 2.11. The molecule has 2 rings (SSSR count). The van der Waals surface area contributed by atoms with E-state index in [1.165, 1.54) is 11.8 Å². The summed E-state index contributed by atoms with van der Waals surface area (Å²) < 4.78 is 0.988. The number of benzene rings is 1. The fourth-order valence-corrected chi connectivity index (χ4v) is 2.65. The maximum absolute atomic E-state index is 12.0. The third-order valence-corrected chi connectivity index (χ3v) is 4.44. The predicted octanol–water partition coefficient (Wildman–Crippen LogP) is 2.50. The van der Waals surface area contributed by atoms with Gasteiger partial charge < -0.3 is 10.2 Å². The molecule has 0 atom stereocenters. The third-order valence-electron chi connectivity index (χ3n) is 3.69. The average molecular weight is 383 g/mol. The molecule has 0 saturated carbocycles. The molecule has 0 aliphatic carbocycles. The minimum atomic E-state index is -0.584. The van der Waals surface area contributed by atoms with Crippen LogP contribution in [0.3, 0.4) is 0 Å². The van der Waals surface area contributed by atoms with E-state index in [0.717, 1.165) is 16.9 Å². The van der Waals surface area contributed by atoms with E-state index in [1.54, 1.807) is 0 Å². The normalized spacial score (nSPS) is 10.6. The van der Waals surface area contributed by atoms with Crippen LogP contribution in [0, 0.1) is 6.92 Å². The molecule has 25 heavy (non-hydrogen) atoms. The van der Waals surface area contributed by atoms with Gasteiger partial charge in [0.25, 0.3) is 5.56 Å². The van der Waals surface area contributed by atoms with Crippen LogP contribution in [-0.4, -0.2) is 35.3 Å². The summed E-state index contributed by atoms with van der Waals surface area (Å²) in [6.07, 6.45) is 1.25. The second-order valence-corrected chi connectivity index (χ2v) is 6.32. The zero-order valence-corrected chi connectivity index (χ0v) is 15.6. The number of aromatic nitrogens is 2. The lowest BCUT2D eigenvalue weighted by atomic mass is 10.2. The molecule has 1 heterocycles. The number of carbonyl (C=O) groups is 1. The third kappa shape index (κ3) is 5.21. The molecule has 6 nitrogen and oxygen atoms in total. The maximum atomic E-state index is 12.0. The van der Waals surface area contributed by atoms with Gasteiger partial charge in [0.05, 0.1) is 11.2 Å². The van der Waals surface area contributed by atoms with E-state index in [1.807, 2.05) is 25.1 Å². The van der Waals surface area contributed by atoms with Crippen LogP contribution in [0.15, 0.2) is 35.3 Å². The highest BCUT2D eigenvalue weighted by molar-refractivity contribution is 6.41. The number of likely N-dealkylation sites (N-methyl/N-ethyl adjacent to an activating group) is 1. The van der Waals surface area contributed by atoms with E-state index >= 15 is 0 Å². The van der Waals surface area contributed by atoms with E-state index in [2.05, 4.69) is 28.3 Å². The van der Waals surface area contributed by atoms with Gasteiger partial charge in [-0.15, -0.1) is 0 Å². The molecule has 0 unspecified atom stereocenters. The van der Waals surface area contributed by atoms with Crippen LogP contribution in [-0.2, 0) is 11.3 Å². The van der Waals surface area contributed by atoms with Crippen molar-refractivity contribution in [3.63, 3.8) is 0 Å². The Kier molecular flexibility index (Phi) is 6.84. The molecule has 0 spiro atoms. The van der Waals surface area contributed by atoms with Crippen molar-refractivity contribution < 1.29 is 4.79 Å². The number of amides is 1. The van der Waals surface area contributed by atoms with E-state index in [9.17, 15) is 9.59 Å². The lowest BCUT2D eigenvalue weighted by Gasteiger charge is -2.23. The highest BCUT2D eigenvalue weighted by Crippen LogP contribution is 2.15. The zero-order chi connectivity index (χ0) is 18.4. The predicted molar refractivity (Wildman–Crippen MR) is 101 cm³/mol.